The molecule has 0 atom stereocenters. The van der Waals surface area contributed by atoms with Crippen LogP contribution in [0.1, 0.15) is 30.4 Å². The van der Waals surface area contributed by atoms with Crippen molar-refractivity contribution in [1.29, 1.82) is 0 Å². The number of rotatable bonds is 4. The third-order valence-electron chi connectivity index (χ3n) is 4.39. The van der Waals surface area contributed by atoms with Gasteiger partial charge in [0, 0.05) is 11.1 Å². The van der Waals surface area contributed by atoms with Gasteiger partial charge in [0.05, 0.1) is 14.2 Å². The largest absolute Gasteiger partial charge is 0.497 e. The normalized spacial score (nSPS) is 17.8. The molecule has 0 amide bonds. The summed E-state index contributed by atoms with van der Waals surface area (Å²) in [5, 5.41) is 0. The molecule has 3 nitrogen and oxygen atoms in total. The van der Waals surface area contributed by atoms with Gasteiger partial charge in [-0.15, -0.1) is 0 Å². The SMILES string of the molecule is COc1ccc(/C=C2\CCC/C(=C\c3ccc(OC)cc3)C2=O)cc1. The van der Waals surface area contributed by atoms with Gasteiger partial charge in [0.1, 0.15) is 11.5 Å². The van der Waals surface area contributed by atoms with E-state index in [2.05, 4.69) is 0 Å². The van der Waals surface area contributed by atoms with Crippen molar-refractivity contribution in [3.63, 3.8) is 0 Å². The Morgan fingerprint density at radius 1 is 0.720 bits per heavy atom. The van der Waals surface area contributed by atoms with E-state index >= 15 is 0 Å². The van der Waals surface area contributed by atoms with Crippen LogP contribution in [0.25, 0.3) is 12.2 Å². The molecule has 128 valence electrons. The van der Waals surface area contributed by atoms with E-state index in [0.29, 0.717) is 0 Å². The third kappa shape index (κ3) is 4.18. The maximum atomic E-state index is 12.8. The third-order valence-corrected chi connectivity index (χ3v) is 4.39. The Hall–Kier alpha value is -2.81. The van der Waals surface area contributed by atoms with E-state index in [1.54, 1.807) is 14.2 Å². The number of ketones is 1. The second-order valence-corrected chi connectivity index (χ2v) is 6.07. The number of carbonyl (C=O) groups excluding carboxylic acids is 1. The highest BCUT2D eigenvalue weighted by Gasteiger charge is 2.20. The van der Waals surface area contributed by atoms with Crippen LogP contribution in [0.3, 0.4) is 0 Å². The fraction of sp³-hybridized carbons (Fsp3) is 0.227. The summed E-state index contributed by atoms with van der Waals surface area (Å²) in [6, 6.07) is 15.5. The molecule has 25 heavy (non-hydrogen) atoms. The first-order valence-electron chi connectivity index (χ1n) is 8.43. The Bertz CT molecular complexity index is 729. The summed E-state index contributed by atoms with van der Waals surface area (Å²) in [6.07, 6.45) is 6.62. The standard InChI is InChI=1S/C22H22O3/c1-24-20-10-6-16(7-11-20)14-18-4-3-5-19(22(18)23)15-17-8-12-21(25-2)13-9-17/h6-15H,3-5H2,1-2H3/b18-14+,19-15+. The van der Waals surface area contributed by atoms with Crippen molar-refractivity contribution in [3.8, 4) is 11.5 Å². The van der Waals surface area contributed by atoms with Crippen LogP contribution >= 0.6 is 0 Å². The second-order valence-electron chi connectivity index (χ2n) is 6.07. The lowest BCUT2D eigenvalue weighted by Gasteiger charge is -2.16. The molecule has 1 fully saturated rings. The predicted octanol–water partition coefficient (Wildman–Crippen LogP) is 4.92. The van der Waals surface area contributed by atoms with Gasteiger partial charge in [-0.25, -0.2) is 0 Å². The number of methoxy groups -OCH3 is 2. The maximum Gasteiger partial charge on any atom is 0.185 e. The molecule has 1 aliphatic carbocycles. The van der Waals surface area contributed by atoms with E-state index < -0.39 is 0 Å². The number of hydrogen-bond donors (Lipinski definition) is 0. The topological polar surface area (TPSA) is 35.5 Å². The Morgan fingerprint density at radius 2 is 1.12 bits per heavy atom. The van der Waals surface area contributed by atoms with Crippen molar-refractivity contribution in [1.82, 2.24) is 0 Å². The zero-order chi connectivity index (χ0) is 17.6. The Balaban J connectivity index is 1.81. The first-order valence-corrected chi connectivity index (χ1v) is 8.43. The van der Waals surface area contributed by atoms with E-state index in [1.807, 2.05) is 60.7 Å². The summed E-state index contributed by atoms with van der Waals surface area (Å²) in [7, 11) is 3.29. The summed E-state index contributed by atoms with van der Waals surface area (Å²) in [6.45, 7) is 0. The number of ether oxygens (including phenoxy) is 2. The van der Waals surface area contributed by atoms with Crippen molar-refractivity contribution < 1.29 is 14.3 Å². The summed E-state index contributed by atoms with van der Waals surface area (Å²) in [4.78, 5) is 12.8. The second kappa shape index (κ2) is 7.84. The lowest BCUT2D eigenvalue weighted by molar-refractivity contribution is -0.112. The number of Topliss-reactive ketones (excluding diaryl/α,β-unsaturated/α-hetero) is 1. The molecule has 1 aliphatic rings. The molecule has 0 N–H and O–H groups in total. The number of hydrogen-bond acceptors (Lipinski definition) is 3. The highest BCUT2D eigenvalue weighted by atomic mass is 16.5. The van der Waals surface area contributed by atoms with Gasteiger partial charge in [-0.3, -0.25) is 4.79 Å². The lowest BCUT2D eigenvalue weighted by atomic mass is 9.87. The minimum Gasteiger partial charge on any atom is -0.497 e. The first-order chi connectivity index (χ1) is 12.2. The molecule has 3 rings (SSSR count). The molecular formula is C22H22O3. The molecule has 0 radical (unpaired) electrons. The Kier molecular flexibility index (Phi) is 5.34. The molecule has 0 spiro atoms. The molecule has 0 aliphatic heterocycles. The van der Waals surface area contributed by atoms with Crippen LogP contribution in [-0.4, -0.2) is 20.0 Å². The maximum absolute atomic E-state index is 12.8. The van der Waals surface area contributed by atoms with Crippen molar-refractivity contribution in [2.24, 2.45) is 0 Å². The fourth-order valence-corrected chi connectivity index (χ4v) is 2.98. The van der Waals surface area contributed by atoms with Crippen LogP contribution in [-0.2, 0) is 4.79 Å². The van der Waals surface area contributed by atoms with Gasteiger partial charge >= 0.3 is 0 Å². The highest BCUT2D eigenvalue weighted by Crippen LogP contribution is 2.28. The monoisotopic (exact) mass is 334 g/mol. The zero-order valence-corrected chi connectivity index (χ0v) is 14.6. The van der Waals surface area contributed by atoms with Crippen molar-refractivity contribution >= 4 is 17.9 Å². The smallest absolute Gasteiger partial charge is 0.185 e. The lowest BCUT2D eigenvalue weighted by Crippen LogP contribution is -2.12. The van der Waals surface area contributed by atoms with Crippen LogP contribution in [0.2, 0.25) is 0 Å². The molecule has 0 saturated heterocycles. The molecule has 0 heterocycles. The molecule has 2 aromatic rings. The zero-order valence-electron chi connectivity index (χ0n) is 14.6. The van der Waals surface area contributed by atoms with E-state index in [-0.39, 0.29) is 5.78 Å². The van der Waals surface area contributed by atoms with Gasteiger partial charge in [0.15, 0.2) is 5.78 Å². The molecule has 3 heteroatoms. The van der Waals surface area contributed by atoms with Crippen molar-refractivity contribution in [2.75, 3.05) is 14.2 Å². The van der Waals surface area contributed by atoms with E-state index in [9.17, 15) is 4.79 Å². The van der Waals surface area contributed by atoms with Gasteiger partial charge in [-0.2, -0.15) is 0 Å². The van der Waals surface area contributed by atoms with Crippen LogP contribution in [0.4, 0.5) is 0 Å². The Morgan fingerprint density at radius 3 is 1.48 bits per heavy atom. The van der Waals surface area contributed by atoms with Crippen molar-refractivity contribution in [2.45, 2.75) is 19.3 Å². The number of benzene rings is 2. The highest BCUT2D eigenvalue weighted by molar-refractivity contribution is 6.13. The van der Waals surface area contributed by atoms with Gasteiger partial charge in [0.2, 0.25) is 0 Å². The van der Waals surface area contributed by atoms with Gasteiger partial charge in [-0.1, -0.05) is 24.3 Å². The van der Waals surface area contributed by atoms with Crippen LogP contribution in [0.15, 0.2) is 59.7 Å². The molecule has 1 saturated carbocycles. The van der Waals surface area contributed by atoms with Crippen LogP contribution < -0.4 is 9.47 Å². The average Bonchev–Trinajstić information content (AvgIpc) is 2.66. The molecule has 0 unspecified atom stereocenters. The number of allylic oxidation sites excluding steroid dienone is 2. The summed E-state index contributed by atoms with van der Waals surface area (Å²) >= 11 is 0. The minimum absolute atomic E-state index is 0.151. The molecular weight excluding hydrogens is 312 g/mol. The summed E-state index contributed by atoms with van der Waals surface area (Å²) in [5.41, 5.74) is 3.79. The summed E-state index contributed by atoms with van der Waals surface area (Å²) in [5.74, 6) is 1.78. The van der Waals surface area contributed by atoms with Crippen LogP contribution in [0, 0.1) is 0 Å². The van der Waals surface area contributed by atoms with Crippen LogP contribution in [0.5, 0.6) is 11.5 Å². The quantitative estimate of drug-likeness (QED) is 0.744. The minimum atomic E-state index is 0.151. The average molecular weight is 334 g/mol. The van der Waals surface area contributed by atoms with Gasteiger partial charge in [0.25, 0.3) is 0 Å². The summed E-state index contributed by atoms with van der Waals surface area (Å²) < 4.78 is 10.3. The predicted molar refractivity (Wildman–Crippen MR) is 101 cm³/mol. The Labute approximate surface area is 148 Å². The van der Waals surface area contributed by atoms with E-state index in [0.717, 1.165) is 53.0 Å². The van der Waals surface area contributed by atoms with E-state index in [1.165, 1.54) is 0 Å². The molecule has 0 aromatic heterocycles. The fourth-order valence-electron chi connectivity index (χ4n) is 2.98. The first kappa shape index (κ1) is 17.0. The van der Waals surface area contributed by atoms with E-state index in [4.69, 9.17) is 9.47 Å². The molecule has 2 aromatic carbocycles. The van der Waals surface area contributed by atoms with Gasteiger partial charge in [-0.05, 0) is 66.8 Å². The van der Waals surface area contributed by atoms with Crippen molar-refractivity contribution in [3.05, 3.63) is 70.8 Å². The van der Waals surface area contributed by atoms with Gasteiger partial charge < -0.3 is 9.47 Å². The number of carbonyl (C=O) groups is 1. The molecule has 0 bridgehead atoms.